The molecule has 4 N–H and O–H groups in total. The second kappa shape index (κ2) is 7.99. The molecule has 6 heteroatoms. The van der Waals surface area contributed by atoms with Crippen LogP contribution in [-0.4, -0.2) is 18.4 Å². The molecule has 24 heavy (non-hydrogen) atoms. The van der Waals surface area contributed by atoms with Gasteiger partial charge in [-0.05, 0) is 62.8 Å². The van der Waals surface area contributed by atoms with E-state index in [-0.39, 0.29) is 42.0 Å². The summed E-state index contributed by atoms with van der Waals surface area (Å²) in [5.74, 6) is 0.576. The first-order valence-electron chi connectivity index (χ1n) is 8.51. The van der Waals surface area contributed by atoms with Crippen LogP contribution in [0.1, 0.15) is 37.7 Å². The van der Waals surface area contributed by atoms with Crippen LogP contribution in [0.3, 0.4) is 0 Å². The minimum Gasteiger partial charge on any atom is -0.330 e. The summed E-state index contributed by atoms with van der Waals surface area (Å²) in [6.45, 7) is 2.52. The summed E-state index contributed by atoms with van der Waals surface area (Å²) in [6.07, 6.45) is 4.96. The third kappa shape index (κ3) is 4.28. The average Bonchev–Trinajstić information content (AvgIpc) is 3.28. The van der Waals surface area contributed by atoms with Gasteiger partial charge in [0.25, 0.3) is 0 Å². The van der Waals surface area contributed by atoms with Gasteiger partial charge in [0, 0.05) is 23.2 Å². The van der Waals surface area contributed by atoms with E-state index in [1.165, 1.54) is 0 Å². The lowest BCUT2D eigenvalue weighted by atomic mass is 9.95. The van der Waals surface area contributed by atoms with Gasteiger partial charge < -0.3 is 16.4 Å². The Hall–Kier alpha value is -1.59. The highest BCUT2D eigenvalue weighted by Crippen LogP contribution is 2.33. The summed E-state index contributed by atoms with van der Waals surface area (Å²) < 4.78 is 0. The molecule has 0 aliphatic heterocycles. The van der Waals surface area contributed by atoms with Crippen molar-refractivity contribution in [1.82, 2.24) is 0 Å². The largest absolute Gasteiger partial charge is 0.330 e. The van der Waals surface area contributed by atoms with Crippen LogP contribution in [0.5, 0.6) is 0 Å². The lowest BCUT2D eigenvalue weighted by molar-refractivity contribution is -0.120. The number of benzene rings is 1. The van der Waals surface area contributed by atoms with Crippen molar-refractivity contribution >= 4 is 35.6 Å². The minimum absolute atomic E-state index is 0. The Bertz CT molecular complexity index is 616. The summed E-state index contributed by atoms with van der Waals surface area (Å²) in [7, 11) is 0. The third-order valence-electron chi connectivity index (χ3n) is 5.01. The van der Waals surface area contributed by atoms with Crippen LogP contribution in [0.25, 0.3) is 0 Å². The first-order valence-corrected chi connectivity index (χ1v) is 8.51. The maximum atomic E-state index is 12.5. The minimum atomic E-state index is 0. The zero-order chi connectivity index (χ0) is 16.4. The monoisotopic (exact) mass is 351 g/mol. The quantitative estimate of drug-likeness (QED) is 0.762. The van der Waals surface area contributed by atoms with Gasteiger partial charge in [-0.1, -0.05) is 12.5 Å². The lowest BCUT2D eigenvalue weighted by Crippen LogP contribution is -2.30. The number of halogens is 1. The third-order valence-corrected chi connectivity index (χ3v) is 5.01. The molecule has 0 bridgehead atoms. The molecule has 0 spiro atoms. The van der Waals surface area contributed by atoms with E-state index in [9.17, 15) is 9.59 Å². The Balaban J connectivity index is 0.00000208. The smallest absolute Gasteiger partial charge is 0.227 e. The van der Waals surface area contributed by atoms with E-state index in [0.29, 0.717) is 6.54 Å². The highest BCUT2D eigenvalue weighted by atomic mass is 35.5. The molecule has 132 valence electrons. The van der Waals surface area contributed by atoms with Crippen molar-refractivity contribution in [3.05, 3.63) is 23.8 Å². The maximum Gasteiger partial charge on any atom is 0.227 e. The second-order valence-corrected chi connectivity index (χ2v) is 6.82. The molecule has 2 aliphatic carbocycles. The highest BCUT2D eigenvalue weighted by molar-refractivity contribution is 5.97. The molecular formula is C18H26ClN3O2. The molecule has 0 saturated heterocycles. The topological polar surface area (TPSA) is 84.2 Å². The first-order chi connectivity index (χ1) is 11.1. The van der Waals surface area contributed by atoms with E-state index in [1.807, 2.05) is 25.1 Å². The van der Waals surface area contributed by atoms with Gasteiger partial charge in [-0.3, -0.25) is 9.59 Å². The average molecular weight is 352 g/mol. The molecule has 0 radical (unpaired) electrons. The van der Waals surface area contributed by atoms with E-state index in [4.69, 9.17) is 5.73 Å². The number of aryl methyl sites for hydroxylation is 1. The standard InChI is InChI=1S/C18H25N3O2.ClH/c1-11-5-8-14(20-17(22)12-6-7-12)9-16(11)21-18(23)15-4-2-3-13(15)10-19;/h5,8-9,12-13,15H,2-4,6-7,10,19H2,1H3,(H,20,22)(H,21,23);1H/t13-,15-;/m1./s1. The number of hydrogen-bond acceptors (Lipinski definition) is 3. The lowest BCUT2D eigenvalue weighted by Gasteiger charge is -2.18. The van der Waals surface area contributed by atoms with Crippen molar-refractivity contribution in [3.8, 4) is 0 Å². The van der Waals surface area contributed by atoms with Crippen LogP contribution in [-0.2, 0) is 9.59 Å². The van der Waals surface area contributed by atoms with E-state index in [1.54, 1.807) is 0 Å². The van der Waals surface area contributed by atoms with Crippen molar-refractivity contribution in [2.75, 3.05) is 17.2 Å². The molecule has 1 aromatic rings. The summed E-state index contributed by atoms with van der Waals surface area (Å²) >= 11 is 0. The fraction of sp³-hybridized carbons (Fsp3) is 0.556. The van der Waals surface area contributed by atoms with Crippen molar-refractivity contribution < 1.29 is 9.59 Å². The number of carbonyl (C=O) groups excluding carboxylic acids is 2. The molecule has 2 atom stereocenters. The Kier molecular flexibility index (Phi) is 6.24. The fourth-order valence-electron chi connectivity index (χ4n) is 3.31. The zero-order valence-corrected chi connectivity index (χ0v) is 14.8. The van der Waals surface area contributed by atoms with E-state index >= 15 is 0 Å². The molecule has 2 amide bonds. The van der Waals surface area contributed by atoms with Crippen molar-refractivity contribution in [1.29, 1.82) is 0 Å². The van der Waals surface area contributed by atoms with Crippen LogP contribution in [0.15, 0.2) is 18.2 Å². The predicted octanol–water partition coefficient (Wildman–Crippen LogP) is 3.08. The highest BCUT2D eigenvalue weighted by Gasteiger charge is 2.32. The van der Waals surface area contributed by atoms with E-state index < -0.39 is 0 Å². The summed E-state index contributed by atoms with van der Waals surface area (Å²) in [6, 6.07) is 5.65. The van der Waals surface area contributed by atoms with Crippen molar-refractivity contribution in [3.63, 3.8) is 0 Å². The number of amides is 2. The molecule has 2 fully saturated rings. The van der Waals surface area contributed by atoms with Gasteiger partial charge in [0.15, 0.2) is 0 Å². The first kappa shape index (κ1) is 18.7. The molecule has 2 aliphatic rings. The number of nitrogens with one attached hydrogen (secondary N) is 2. The van der Waals surface area contributed by atoms with Gasteiger partial charge in [-0.2, -0.15) is 0 Å². The van der Waals surface area contributed by atoms with E-state index in [2.05, 4.69) is 10.6 Å². The zero-order valence-electron chi connectivity index (χ0n) is 14.0. The predicted molar refractivity (Wildman–Crippen MR) is 98.3 cm³/mol. The van der Waals surface area contributed by atoms with Crippen molar-refractivity contribution in [2.24, 2.45) is 23.5 Å². The maximum absolute atomic E-state index is 12.5. The molecule has 0 aromatic heterocycles. The fourth-order valence-corrected chi connectivity index (χ4v) is 3.31. The second-order valence-electron chi connectivity index (χ2n) is 6.82. The van der Waals surface area contributed by atoms with Crippen LogP contribution in [0.2, 0.25) is 0 Å². The summed E-state index contributed by atoms with van der Waals surface area (Å²) in [5, 5.41) is 5.95. The summed E-state index contributed by atoms with van der Waals surface area (Å²) in [4.78, 5) is 24.4. The molecule has 2 saturated carbocycles. The van der Waals surface area contributed by atoms with Gasteiger partial charge in [0.05, 0.1) is 0 Å². The molecular weight excluding hydrogens is 326 g/mol. The molecule has 1 aromatic carbocycles. The van der Waals surface area contributed by atoms with Gasteiger partial charge >= 0.3 is 0 Å². The van der Waals surface area contributed by atoms with Crippen molar-refractivity contribution in [2.45, 2.75) is 39.0 Å². The number of nitrogens with two attached hydrogens (primary N) is 1. The Morgan fingerprint density at radius 3 is 2.54 bits per heavy atom. The number of anilines is 2. The van der Waals surface area contributed by atoms with Gasteiger partial charge in [0.2, 0.25) is 11.8 Å². The van der Waals surface area contributed by atoms with Gasteiger partial charge in [-0.15, -0.1) is 12.4 Å². The Morgan fingerprint density at radius 2 is 1.88 bits per heavy atom. The number of hydrogen-bond donors (Lipinski definition) is 3. The Labute approximate surface area is 149 Å². The molecule has 3 rings (SSSR count). The molecule has 0 heterocycles. The van der Waals surface area contributed by atoms with Crippen LogP contribution in [0, 0.1) is 24.7 Å². The van der Waals surface area contributed by atoms with Crippen LogP contribution in [0.4, 0.5) is 11.4 Å². The van der Waals surface area contributed by atoms with E-state index in [0.717, 1.165) is 49.0 Å². The molecule has 0 unspecified atom stereocenters. The van der Waals surface area contributed by atoms with Crippen LogP contribution < -0.4 is 16.4 Å². The van der Waals surface area contributed by atoms with Gasteiger partial charge in [-0.25, -0.2) is 0 Å². The van der Waals surface area contributed by atoms with Gasteiger partial charge in [0.1, 0.15) is 0 Å². The summed E-state index contributed by atoms with van der Waals surface area (Å²) in [5.41, 5.74) is 8.27. The van der Waals surface area contributed by atoms with Crippen LogP contribution >= 0.6 is 12.4 Å². The Morgan fingerprint density at radius 1 is 1.12 bits per heavy atom. The number of rotatable bonds is 5. The normalized spacial score (nSPS) is 22.6. The SMILES string of the molecule is Cc1ccc(NC(=O)C2CC2)cc1NC(=O)[C@@H]1CCC[C@@H]1CN.Cl. The molecule has 5 nitrogen and oxygen atoms in total. The number of carbonyl (C=O) groups is 2.